The van der Waals surface area contributed by atoms with Crippen LogP contribution < -0.4 is 4.74 Å². The molecule has 1 aliphatic carbocycles. The zero-order valence-corrected chi connectivity index (χ0v) is 25.8. The SMILES string of the molecule is c1ccc(COC2[C@H]3O[C@@H](c4csc5c(Oc6ccccc6)ncnc45)[C@H](OCc4ccccc4)[C@@]23OCc2ccccc2)cc1. The number of fused-ring (bicyclic) bond motifs is 2. The third-order valence-electron chi connectivity index (χ3n) is 8.56. The van der Waals surface area contributed by atoms with Crippen molar-refractivity contribution >= 4 is 21.6 Å². The molecule has 5 atom stereocenters. The molecule has 1 aliphatic heterocycles. The molecule has 2 fully saturated rings. The molecule has 3 heterocycles. The maximum atomic E-state index is 6.87. The predicted molar refractivity (Wildman–Crippen MR) is 176 cm³/mol. The Morgan fingerprint density at radius 3 is 1.85 bits per heavy atom. The van der Waals surface area contributed by atoms with Crippen molar-refractivity contribution in [2.45, 2.75) is 49.8 Å². The van der Waals surface area contributed by atoms with Gasteiger partial charge in [0.2, 0.25) is 5.88 Å². The lowest BCUT2D eigenvalue weighted by Crippen LogP contribution is -2.40. The van der Waals surface area contributed by atoms with Crippen LogP contribution in [0.15, 0.2) is 133 Å². The lowest BCUT2D eigenvalue weighted by atomic mass is 10.0. The van der Waals surface area contributed by atoms with E-state index in [1.807, 2.05) is 84.9 Å². The van der Waals surface area contributed by atoms with Crippen LogP contribution in [0.1, 0.15) is 28.4 Å². The Kier molecular flexibility index (Phi) is 8.04. The van der Waals surface area contributed by atoms with E-state index in [1.54, 1.807) is 6.33 Å². The van der Waals surface area contributed by atoms with E-state index in [2.05, 4.69) is 46.8 Å². The molecule has 1 saturated carbocycles. The maximum Gasteiger partial charge on any atom is 0.240 e. The standard InChI is InChI=1S/C38H32N2O5S/c1-5-13-26(14-6-1)21-41-34-32(30-24-46-33-31(30)39-25-40-37(33)44-29-19-11-4-12-20-29)45-36-35(42-22-27-15-7-2-8-16-27)38(34,36)43-23-28-17-9-3-10-18-28/h1-20,24-25,32,34-36H,21-23H2/t32-,34-,35?,36+,38+/m0/s1. The first-order valence-electron chi connectivity index (χ1n) is 15.4. The summed E-state index contributed by atoms with van der Waals surface area (Å²) < 4.78 is 34.1. The number of benzene rings is 4. The van der Waals surface area contributed by atoms with Crippen molar-refractivity contribution in [3.05, 3.63) is 155 Å². The van der Waals surface area contributed by atoms with E-state index < -0.39 is 17.8 Å². The number of ether oxygens (including phenoxy) is 5. The van der Waals surface area contributed by atoms with Crippen LogP contribution in [0, 0.1) is 0 Å². The number of hydrogen-bond acceptors (Lipinski definition) is 8. The third kappa shape index (κ3) is 5.59. The second kappa shape index (κ2) is 12.7. The van der Waals surface area contributed by atoms with E-state index in [0.717, 1.165) is 32.5 Å². The van der Waals surface area contributed by atoms with Gasteiger partial charge in [0.1, 0.15) is 41.2 Å². The van der Waals surface area contributed by atoms with Gasteiger partial charge in [0.05, 0.1) is 25.3 Å². The molecule has 8 heteroatoms. The second-order valence-electron chi connectivity index (χ2n) is 11.5. The molecule has 0 spiro atoms. The molecular formula is C38H32N2O5S. The van der Waals surface area contributed by atoms with Gasteiger partial charge in [0.25, 0.3) is 0 Å². The highest BCUT2D eigenvalue weighted by atomic mass is 32.1. The second-order valence-corrected chi connectivity index (χ2v) is 12.4. The fourth-order valence-electron chi connectivity index (χ4n) is 6.23. The number of rotatable bonds is 12. The third-order valence-corrected chi connectivity index (χ3v) is 9.53. The summed E-state index contributed by atoms with van der Waals surface area (Å²) >= 11 is 1.54. The minimum atomic E-state index is -0.811. The molecular weight excluding hydrogens is 596 g/mol. The number of hydrogen-bond donors (Lipinski definition) is 0. The summed E-state index contributed by atoms with van der Waals surface area (Å²) in [5, 5.41) is 2.08. The van der Waals surface area contributed by atoms with Crippen LogP contribution in [0.5, 0.6) is 11.6 Å². The molecule has 4 aromatic carbocycles. The Bertz CT molecular complexity index is 1890. The first-order chi connectivity index (χ1) is 22.8. The molecule has 2 aromatic heterocycles. The van der Waals surface area contributed by atoms with Gasteiger partial charge in [-0.15, -0.1) is 11.3 Å². The average molecular weight is 629 g/mol. The fourth-order valence-corrected chi connectivity index (χ4v) is 7.20. The van der Waals surface area contributed by atoms with Gasteiger partial charge >= 0.3 is 0 Å². The van der Waals surface area contributed by atoms with E-state index in [4.69, 9.17) is 28.7 Å². The summed E-state index contributed by atoms with van der Waals surface area (Å²) in [4.78, 5) is 9.17. The van der Waals surface area contributed by atoms with Crippen molar-refractivity contribution < 1.29 is 23.7 Å². The van der Waals surface area contributed by atoms with Crippen LogP contribution in [0.2, 0.25) is 0 Å². The van der Waals surface area contributed by atoms with Gasteiger partial charge in [-0.25, -0.2) is 9.97 Å². The van der Waals surface area contributed by atoms with Gasteiger partial charge in [-0.05, 0) is 34.2 Å². The Morgan fingerprint density at radius 2 is 1.22 bits per heavy atom. The molecule has 8 rings (SSSR count). The van der Waals surface area contributed by atoms with Crippen LogP contribution in [0.25, 0.3) is 10.2 Å². The van der Waals surface area contributed by atoms with E-state index in [-0.39, 0.29) is 12.2 Å². The van der Waals surface area contributed by atoms with Crippen molar-refractivity contribution in [3.63, 3.8) is 0 Å². The van der Waals surface area contributed by atoms with Crippen molar-refractivity contribution in [3.8, 4) is 11.6 Å². The fraction of sp³-hybridized carbons (Fsp3) is 0.211. The molecule has 1 saturated heterocycles. The summed E-state index contributed by atoms with van der Waals surface area (Å²) in [7, 11) is 0. The number of aromatic nitrogens is 2. The van der Waals surface area contributed by atoms with E-state index >= 15 is 0 Å². The van der Waals surface area contributed by atoms with Gasteiger partial charge in [-0.3, -0.25) is 0 Å². The van der Waals surface area contributed by atoms with Gasteiger partial charge in [0.15, 0.2) is 5.60 Å². The predicted octanol–water partition coefficient (Wildman–Crippen LogP) is 8.06. The normalized spacial score (nSPS) is 23.3. The molecule has 6 aromatic rings. The van der Waals surface area contributed by atoms with Crippen LogP contribution in [-0.2, 0) is 38.8 Å². The summed E-state index contributed by atoms with van der Waals surface area (Å²) in [6, 6.07) is 40.2. The highest BCUT2D eigenvalue weighted by Crippen LogP contribution is 2.61. The Morgan fingerprint density at radius 1 is 0.652 bits per heavy atom. The van der Waals surface area contributed by atoms with Crippen LogP contribution in [0.3, 0.4) is 0 Å². The zero-order valence-electron chi connectivity index (χ0n) is 25.0. The van der Waals surface area contributed by atoms with Crippen molar-refractivity contribution in [1.29, 1.82) is 0 Å². The van der Waals surface area contributed by atoms with Crippen LogP contribution in [-0.4, -0.2) is 33.9 Å². The molecule has 1 unspecified atom stereocenters. The number of thiophene rings is 1. The minimum Gasteiger partial charge on any atom is -0.437 e. The largest absolute Gasteiger partial charge is 0.437 e. The topological polar surface area (TPSA) is 71.9 Å². The van der Waals surface area contributed by atoms with E-state index in [9.17, 15) is 0 Å². The van der Waals surface area contributed by atoms with Gasteiger partial charge in [-0.2, -0.15) is 0 Å². The molecule has 0 N–H and O–H groups in total. The summed E-state index contributed by atoms with van der Waals surface area (Å²) in [6.45, 7) is 1.26. The molecule has 230 valence electrons. The first kappa shape index (κ1) is 29.0. The van der Waals surface area contributed by atoms with Crippen molar-refractivity contribution in [2.75, 3.05) is 0 Å². The summed E-state index contributed by atoms with van der Waals surface area (Å²) in [5.41, 5.74) is 4.14. The Hall–Kier alpha value is -4.44. The van der Waals surface area contributed by atoms with Crippen molar-refractivity contribution in [1.82, 2.24) is 9.97 Å². The molecule has 2 aliphatic rings. The average Bonchev–Trinajstić information content (AvgIpc) is 3.35. The molecule has 7 nitrogen and oxygen atoms in total. The molecule has 46 heavy (non-hydrogen) atoms. The Balaban J connectivity index is 1.14. The summed E-state index contributed by atoms with van der Waals surface area (Å²) in [6.07, 6.45) is 0.0231. The molecule has 0 amide bonds. The lowest BCUT2D eigenvalue weighted by molar-refractivity contribution is -0.144. The van der Waals surface area contributed by atoms with Crippen molar-refractivity contribution in [2.24, 2.45) is 0 Å². The Labute approximate surface area is 271 Å². The smallest absolute Gasteiger partial charge is 0.240 e. The van der Waals surface area contributed by atoms with E-state index in [0.29, 0.717) is 31.5 Å². The van der Waals surface area contributed by atoms with Crippen LogP contribution >= 0.6 is 11.3 Å². The van der Waals surface area contributed by atoms with Gasteiger partial charge in [0, 0.05) is 5.56 Å². The first-order valence-corrected chi connectivity index (χ1v) is 16.3. The number of para-hydroxylation sites is 1. The quantitative estimate of drug-likeness (QED) is 0.136. The van der Waals surface area contributed by atoms with Crippen LogP contribution in [0.4, 0.5) is 0 Å². The molecule has 0 radical (unpaired) electrons. The monoisotopic (exact) mass is 628 g/mol. The van der Waals surface area contributed by atoms with Gasteiger partial charge < -0.3 is 23.7 Å². The zero-order chi connectivity index (χ0) is 30.8. The summed E-state index contributed by atoms with van der Waals surface area (Å²) in [5.74, 6) is 1.23. The van der Waals surface area contributed by atoms with E-state index in [1.165, 1.54) is 11.3 Å². The molecule has 0 bridgehead atoms. The highest BCUT2D eigenvalue weighted by Gasteiger charge is 2.80. The maximum absolute atomic E-state index is 6.87. The highest BCUT2D eigenvalue weighted by molar-refractivity contribution is 7.17. The lowest BCUT2D eigenvalue weighted by Gasteiger charge is -2.30. The number of nitrogens with zero attached hydrogens (tertiary/aromatic N) is 2. The van der Waals surface area contributed by atoms with Gasteiger partial charge in [-0.1, -0.05) is 109 Å². The minimum absolute atomic E-state index is 0.301.